The number of hydrogen-bond acceptors (Lipinski definition) is 5. The molecule has 3 N–H and O–H groups in total. The first-order chi connectivity index (χ1) is 10.1. The smallest absolute Gasteiger partial charge is 0.225 e. The van der Waals surface area contributed by atoms with Gasteiger partial charge in [0.2, 0.25) is 5.91 Å². The van der Waals surface area contributed by atoms with E-state index < -0.39 is 0 Å². The minimum absolute atomic E-state index is 0.0176. The van der Waals surface area contributed by atoms with Crippen LogP contribution in [0.3, 0.4) is 0 Å². The summed E-state index contributed by atoms with van der Waals surface area (Å²) >= 11 is 6.21. The van der Waals surface area contributed by atoms with Gasteiger partial charge in [-0.3, -0.25) is 4.79 Å². The first kappa shape index (κ1) is 18.6. The molecule has 1 saturated carbocycles. The Balaban J connectivity index is 2.48. The number of nitrogens with one attached hydrogen (secondary N) is 2. The Bertz CT molecular complexity index is 316. The molecule has 4 atom stereocenters. The molecule has 0 saturated heterocycles. The average molecular weight is 322 g/mol. The Kier molecular flexibility index (Phi) is 8.51. The molecule has 0 spiro atoms. The van der Waals surface area contributed by atoms with Crippen molar-refractivity contribution in [2.45, 2.75) is 44.2 Å². The van der Waals surface area contributed by atoms with E-state index in [4.69, 9.17) is 21.5 Å². The molecule has 0 aliphatic heterocycles. The van der Waals surface area contributed by atoms with E-state index in [-0.39, 0.29) is 29.3 Å². The zero-order valence-corrected chi connectivity index (χ0v) is 13.9. The highest BCUT2D eigenvalue weighted by Crippen LogP contribution is 2.30. The lowest BCUT2D eigenvalue weighted by molar-refractivity contribution is -0.132. The second-order valence-electron chi connectivity index (χ2n) is 5.42. The number of hydroxylamine groups is 1. The van der Waals surface area contributed by atoms with Crippen molar-refractivity contribution in [3.8, 4) is 0 Å². The maximum absolute atomic E-state index is 12.3. The number of carbonyl (C=O) groups is 1. The molecule has 0 radical (unpaired) electrons. The average Bonchev–Trinajstić information content (AvgIpc) is 2.51. The molecule has 6 nitrogen and oxygen atoms in total. The lowest BCUT2D eigenvalue weighted by atomic mass is 9.82. The van der Waals surface area contributed by atoms with Gasteiger partial charge in [-0.05, 0) is 25.9 Å². The summed E-state index contributed by atoms with van der Waals surface area (Å²) in [6.07, 6.45) is 0.795. The SMILES string of the molecule is CCN(CC)CCNC(=O)C1CC(Cl)C(NO)CC1OC. The highest BCUT2D eigenvalue weighted by molar-refractivity contribution is 6.21. The Morgan fingerprint density at radius 1 is 1.38 bits per heavy atom. The van der Waals surface area contributed by atoms with Crippen LogP contribution in [0.1, 0.15) is 26.7 Å². The molecule has 4 unspecified atom stereocenters. The van der Waals surface area contributed by atoms with Gasteiger partial charge in [0.25, 0.3) is 0 Å². The Labute approximate surface area is 132 Å². The first-order valence-electron chi connectivity index (χ1n) is 7.63. The monoisotopic (exact) mass is 321 g/mol. The Morgan fingerprint density at radius 2 is 2.05 bits per heavy atom. The van der Waals surface area contributed by atoms with E-state index in [2.05, 4.69) is 29.5 Å². The number of halogens is 1. The molecule has 0 aromatic rings. The summed E-state index contributed by atoms with van der Waals surface area (Å²) in [5.41, 5.74) is 2.20. The van der Waals surface area contributed by atoms with Gasteiger partial charge < -0.3 is 20.2 Å². The standard InChI is InChI=1S/C14H28ClN3O3/c1-4-18(5-2)7-6-16-14(19)10-8-11(15)12(17-20)9-13(10)21-3/h10-13,17,20H,4-9H2,1-3H3,(H,16,19). The number of hydrogen-bond donors (Lipinski definition) is 3. The molecule has 7 heteroatoms. The van der Waals surface area contributed by atoms with E-state index in [1.165, 1.54) is 0 Å². The molecule has 21 heavy (non-hydrogen) atoms. The molecule has 1 aliphatic rings. The zero-order chi connectivity index (χ0) is 15.8. The maximum Gasteiger partial charge on any atom is 0.225 e. The molecule has 124 valence electrons. The van der Waals surface area contributed by atoms with Crippen LogP contribution in [0.5, 0.6) is 0 Å². The number of ether oxygens (including phenoxy) is 1. The molecular weight excluding hydrogens is 294 g/mol. The second kappa shape index (κ2) is 9.58. The van der Waals surface area contributed by atoms with Crippen LogP contribution in [0, 0.1) is 5.92 Å². The topological polar surface area (TPSA) is 73.8 Å². The lowest BCUT2D eigenvalue weighted by Gasteiger charge is -2.36. The number of carbonyl (C=O) groups excluding carboxylic acids is 1. The van der Waals surface area contributed by atoms with Crippen molar-refractivity contribution in [2.24, 2.45) is 5.92 Å². The molecule has 1 aliphatic carbocycles. The van der Waals surface area contributed by atoms with E-state index in [1.54, 1.807) is 7.11 Å². The van der Waals surface area contributed by atoms with Crippen LogP contribution in [-0.2, 0) is 9.53 Å². The zero-order valence-electron chi connectivity index (χ0n) is 13.1. The van der Waals surface area contributed by atoms with E-state index in [0.29, 0.717) is 19.4 Å². The number of alkyl halides is 1. The van der Waals surface area contributed by atoms with Crippen molar-refractivity contribution in [2.75, 3.05) is 33.3 Å². The summed E-state index contributed by atoms with van der Waals surface area (Å²) < 4.78 is 5.39. The third kappa shape index (κ3) is 5.38. The summed E-state index contributed by atoms with van der Waals surface area (Å²) in [5, 5.41) is 11.7. The van der Waals surface area contributed by atoms with E-state index in [9.17, 15) is 4.79 Å². The van der Waals surface area contributed by atoms with Crippen LogP contribution >= 0.6 is 11.6 Å². The molecular formula is C14H28ClN3O3. The van der Waals surface area contributed by atoms with Gasteiger partial charge in [-0.1, -0.05) is 13.8 Å². The molecule has 0 aromatic carbocycles. The van der Waals surface area contributed by atoms with E-state index >= 15 is 0 Å². The number of rotatable bonds is 8. The normalized spacial score (nSPS) is 29.6. The number of likely N-dealkylation sites (N-methyl/N-ethyl adjacent to an activating group) is 1. The minimum Gasteiger partial charge on any atom is -0.381 e. The molecule has 1 fully saturated rings. The van der Waals surface area contributed by atoms with Crippen molar-refractivity contribution in [1.29, 1.82) is 0 Å². The fourth-order valence-corrected chi connectivity index (χ4v) is 3.15. The van der Waals surface area contributed by atoms with Crippen LogP contribution in [0.15, 0.2) is 0 Å². The van der Waals surface area contributed by atoms with Crippen LogP contribution in [0.25, 0.3) is 0 Å². The molecule has 0 aromatic heterocycles. The van der Waals surface area contributed by atoms with Gasteiger partial charge in [0.1, 0.15) is 0 Å². The summed E-state index contributed by atoms with van der Waals surface area (Å²) in [6, 6.07) is -0.239. The second-order valence-corrected chi connectivity index (χ2v) is 5.98. The van der Waals surface area contributed by atoms with Crippen molar-refractivity contribution in [3.05, 3.63) is 0 Å². The van der Waals surface area contributed by atoms with E-state index in [1.807, 2.05) is 0 Å². The van der Waals surface area contributed by atoms with Crippen LogP contribution in [0.2, 0.25) is 0 Å². The van der Waals surface area contributed by atoms with Gasteiger partial charge in [0.05, 0.1) is 23.4 Å². The number of amides is 1. The number of methoxy groups -OCH3 is 1. The van der Waals surface area contributed by atoms with Gasteiger partial charge in [-0.15, -0.1) is 11.6 Å². The summed E-state index contributed by atoms with van der Waals surface area (Å²) in [4.78, 5) is 14.6. The highest BCUT2D eigenvalue weighted by atomic mass is 35.5. The van der Waals surface area contributed by atoms with Crippen LogP contribution < -0.4 is 10.8 Å². The van der Waals surface area contributed by atoms with Gasteiger partial charge in [0.15, 0.2) is 0 Å². The van der Waals surface area contributed by atoms with Crippen LogP contribution in [-0.4, -0.2) is 66.8 Å². The predicted molar refractivity (Wildman–Crippen MR) is 82.7 cm³/mol. The maximum atomic E-state index is 12.3. The predicted octanol–water partition coefficient (Wildman–Crippen LogP) is 0.824. The van der Waals surface area contributed by atoms with Gasteiger partial charge in [-0.2, -0.15) is 0 Å². The van der Waals surface area contributed by atoms with Crippen LogP contribution in [0.4, 0.5) is 0 Å². The molecule has 0 heterocycles. The molecule has 1 rings (SSSR count). The van der Waals surface area contributed by atoms with Gasteiger partial charge >= 0.3 is 0 Å². The minimum atomic E-state index is -0.278. The number of nitrogens with zero attached hydrogens (tertiary/aromatic N) is 1. The lowest BCUT2D eigenvalue weighted by Crippen LogP contribution is -2.51. The van der Waals surface area contributed by atoms with Crippen molar-refractivity contribution >= 4 is 17.5 Å². The van der Waals surface area contributed by atoms with Gasteiger partial charge in [-0.25, -0.2) is 5.48 Å². The quantitative estimate of drug-likeness (QED) is 0.456. The summed E-state index contributed by atoms with van der Waals surface area (Å²) in [7, 11) is 1.59. The Hall–Kier alpha value is -0.400. The van der Waals surface area contributed by atoms with Crippen molar-refractivity contribution in [3.63, 3.8) is 0 Å². The summed E-state index contributed by atoms with van der Waals surface area (Å²) in [6.45, 7) is 7.63. The van der Waals surface area contributed by atoms with E-state index in [0.717, 1.165) is 19.6 Å². The van der Waals surface area contributed by atoms with Gasteiger partial charge in [0, 0.05) is 20.2 Å². The highest BCUT2D eigenvalue weighted by Gasteiger charge is 2.39. The summed E-state index contributed by atoms with van der Waals surface area (Å²) in [5.74, 6) is -0.283. The fraction of sp³-hybridized carbons (Fsp3) is 0.929. The first-order valence-corrected chi connectivity index (χ1v) is 8.07. The van der Waals surface area contributed by atoms with Crippen molar-refractivity contribution in [1.82, 2.24) is 15.7 Å². The molecule has 1 amide bonds. The van der Waals surface area contributed by atoms with Crippen molar-refractivity contribution < 1.29 is 14.7 Å². The molecule has 0 bridgehead atoms. The third-order valence-electron chi connectivity index (χ3n) is 4.28. The fourth-order valence-electron chi connectivity index (χ4n) is 2.80. The largest absolute Gasteiger partial charge is 0.381 e. The Morgan fingerprint density at radius 3 is 2.57 bits per heavy atom. The third-order valence-corrected chi connectivity index (χ3v) is 4.76.